The first kappa shape index (κ1) is 15.2. The topological polar surface area (TPSA) is 51.5 Å². The first-order valence-electron chi connectivity index (χ1n) is 7.04. The smallest absolute Gasteiger partial charge is 0.291 e. The van der Waals surface area contributed by atoms with Gasteiger partial charge in [0.15, 0.2) is 5.76 Å². The molecule has 1 amide bonds. The van der Waals surface area contributed by atoms with E-state index in [-0.39, 0.29) is 18.3 Å². The van der Waals surface area contributed by atoms with Crippen molar-refractivity contribution in [2.75, 3.05) is 5.32 Å². The summed E-state index contributed by atoms with van der Waals surface area (Å²) in [7, 11) is 0. The lowest BCUT2D eigenvalue weighted by molar-refractivity contribution is 0.0993. The van der Waals surface area contributed by atoms with Gasteiger partial charge in [-0.15, -0.1) is 0 Å². The second-order valence-electron chi connectivity index (χ2n) is 4.81. The van der Waals surface area contributed by atoms with Crippen molar-refractivity contribution in [2.45, 2.75) is 6.61 Å². The highest BCUT2D eigenvalue weighted by atomic mass is 35.5. The lowest BCUT2D eigenvalue weighted by atomic mass is 10.2. The van der Waals surface area contributed by atoms with Gasteiger partial charge in [0, 0.05) is 5.56 Å². The molecule has 3 rings (SSSR count). The summed E-state index contributed by atoms with van der Waals surface area (Å²) < 4.78 is 10.9. The molecule has 0 spiro atoms. The van der Waals surface area contributed by atoms with Crippen molar-refractivity contribution in [1.82, 2.24) is 0 Å². The molecule has 0 unspecified atom stereocenters. The van der Waals surface area contributed by atoms with Crippen molar-refractivity contribution >= 4 is 23.2 Å². The number of rotatable bonds is 5. The van der Waals surface area contributed by atoms with E-state index in [1.165, 1.54) is 6.26 Å². The average molecular weight is 328 g/mol. The van der Waals surface area contributed by atoms with Crippen molar-refractivity contribution in [2.24, 2.45) is 0 Å². The highest BCUT2D eigenvalue weighted by Gasteiger charge is 2.17. The molecule has 0 bridgehead atoms. The molecular weight excluding hydrogens is 314 g/mol. The predicted molar refractivity (Wildman–Crippen MR) is 88.9 cm³/mol. The molecule has 0 saturated heterocycles. The summed E-state index contributed by atoms with van der Waals surface area (Å²) in [5.74, 6) is 0.571. The van der Waals surface area contributed by atoms with Gasteiger partial charge in [-0.2, -0.15) is 0 Å². The molecule has 5 heteroatoms. The van der Waals surface area contributed by atoms with Gasteiger partial charge in [-0.05, 0) is 30.3 Å². The van der Waals surface area contributed by atoms with E-state index in [4.69, 9.17) is 20.8 Å². The molecule has 1 heterocycles. The number of anilines is 1. The Balaban J connectivity index is 1.70. The molecule has 0 atom stereocenters. The van der Waals surface area contributed by atoms with Crippen LogP contribution in [0.25, 0.3) is 0 Å². The SMILES string of the molecule is O=C(Nc1ccccc1Cl)c1occc1COc1ccccc1. The molecule has 0 radical (unpaired) electrons. The minimum absolute atomic E-state index is 0.209. The minimum Gasteiger partial charge on any atom is -0.489 e. The fourth-order valence-corrected chi connectivity index (χ4v) is 2.25. The average Bonchev–Trinajstić information content (AvgIpc) is 3.05. The van der Waals surface area contributed by atoms with Gasteiger partial charge in [-0.3, -0.25) is 4.79 Å². The van der Waals surface area contributed by atoms with Gasteiger partial charge in [0.2, 0.25) is 0 Å². The Labute approximate surface area is 138 Å². The van der Waals surface area contributed by atoms with Gasteiger partial charge in [0.1, 0.15) is 12.4 Å². The van der Waals surface area contributed by atoms with Gasteiger partial charge >= 0.3 is 0 Å². The monoisotopic (exact) mass is 327 g/mol. The molecule has 23 heavy (non-hydrogen) atoms. The highest BCUT2D eigenvalue weighted by Crippen LogP contribution is 2.22. The summed E-state index contributed by atoms with van der Waals surface area (Å²) in [5, 5.41) is 3.20. The number of furan rings is 1. The zero-order valence-corrected chi connectivity index (χ0v) is 12.9. The zero-order chi connectivity index (χ0) is 16.1. The van der Waals surface area contributed by atoms with Crippen molar-refractivity contribution in [3.63, 3.8) is 0 Å². The first-order valence-corrected chi connectivity index (χ1v) is 7.42. The summed E-state index contributed by atoms with van der Waals surface area (Å²) in [6, 6.07) is 18.1. The van der Waals surface area contributed by atoms with Crippen LogP contribution in [0.5, 0.6) is 5.75 Å². The van der Waals surface area contributed by atoms with Gasteiger partial charge in [0.25, 0.3) is 5.91 Å². The Morgan fingerprint density at radius 1 is 1.04 bits per heavy atom. The van der Waals surface area contributed by atoms with Crippen LogP contribution in [0.3, 0.4) is 0 Å². The maximum absolute atomic E-state index is 12.3. The third kappa shape index (κ3) is 3.73. The predicted octanol–water partition coefficient (Wildman–Crippen LogP) is 4.76. The molecule has 0 aliphatic rings. The van der Waals surface area contributed by atoms with E-state index >= 15 is 0 Å². The summed E-state index contributed by atoms with van der Waals surface area (Å²) in [5.41, 5.74) is 1.20. The Morgan fingerprint density at radius 2 is 1.78 bits per heavy atom. The number of amides is 1. The second kappa shape index (κ2) is 7.03. The number of ether oxygens (including phenoxy) is 1. The Hall–Kier alpha value is -2.72. The molecular formula is C18H14ClNO3. The maximum Gasteiger partial charge on any atom is 0.291 e. The lowest BCUT2D eigenvalue weighted by Gasteiger charge is -2.08. The van der Waals surface area contributed by atoms with Crippen molar-refractivity contribution in [3.05, 3.63) is 83.3 Å². The molecule has 1 N–H and O–H groups in total. The largest absolute Gasteiger partial charge is 0.489 e. The van der Waals surface area contributed by atoms with Crippen LogP contribution >= 0.6 is 11.6 Å². The second-order valence-corrected chi connectivity index (χ2v) is 5.22. The van der Waals surface area contributed by atoms with E-state index in [2.05, 4.69) is 5.32 Å². The molecule has 0 aliphatic heterocycles. The number of benzene rings is 2. The van der Waals surface area contributed by atoms with Crippen LogP contribution in [-0.2, 0) is 6.61 Å². The zero-order valence-electron chi connectivity index (χ0n) is 12.2. The summed E-state index contributed by atoms with van der Waals surface area (Å²) in [6.07, 6.45) is 1.46. The van der Waals surface area contributed by atoms with E-state index in [1.54, 1.807) is 30.3 Å². The standard InChI is InChI=1S/C18H14ClNO3/c19-15-8-4-5-9-16(15)20-18(21)17-13(10-11-22-17)12-23-14-6-2-1-3-7-14/h1-11H,12H2,(H,20,21). The number of carbonyl (C=O) groups excluding carboxylic acids is 1. The summed E-state index contributed by atoms with van der Waals surface area (Å²) in [6.45, 7) is 0.242. The molecule has 2 aromatic carbocycles. The number of nitrogens with one attached hydrogen (secondary N) is 1. The van der Waals surface area contributed by atoms with Crippen LogP contribution in [0, 0.1) is 0 Å². The van der Waals surface area contributed by atoms with E-state index < -0.39 is 0 Å². The quantitative estimate of drug-likeness (QED) is 0.734. The number of hydrogen-bond acceptors (Lipinski definition) is 3. The molecule has 0 aliphatic carbocycles. The third-order valence-electron chi connectivity index (χ3n) is 3.21. The Morgan fingerprint density at radius 3 is 2.57 bits per heavy atom. The van der Waals surface area contributed by atoms with E-state index in [9.17, 15) is 4.79 Å². The first-order chi connectivity index (χ1) is 11.2. The van der Waals surface area contributed by atoms with Crippen LogP contribution in [-0.4, -0.2) is 5.91 Å². The summed E-state index contributed by atoms with van der Waals surface area (Å²) in [4.78, 5) is 12.3. The molecule has 4 nitrogen and oxygen atoms in total. The normalized spacial score (nSPS) is 10.3. The number of halogens is 1. The van der Waals surface area contributed by atoms with Crippen molar-refractivity contribution < 1.29 is 13.9 Å². The molecule has 116 valence electrons. The molecule has 3 aromatic rings. The lowest BCUT2D eigenvalue weighted by Crippen LogP contribution is -2.14. The van der Waals surface area contributed by atoms with Gasteiger partial charge < -0.3 is 14.5 Å². The Kier molecular flexibility index (Phi) is 4.64. The van der Waals surface area contributed by atoms with Gasteiger partial charge in [-0.1, -0.05) is 41.9 Å². The molecule has 0 fully saturated rings. The van der Waals surface area contributed by atoms with E-state index in [1.807, 2.05) is 30.3 Å². The maximum atomic E-state index is 12.3. The van der Waals surface area contributed by atoms with E-state index in [0.717, 1.165) is 5.75 Å². The fourth-order valence-electron chi connectivity index (χ4n) is 2.07. The van der Waals surface area contributed by atoms with Gasteiger partial charge in [0.05, 0.1) is 17.0 Å². The van der Waals surface area contributed by atoms with Crippen LogP contribution in [0.4, 0.5) is 5.69 Å². The third-order valence-corrected chi connectivity index (χ3v) is 3.54. The summed E-state index contributed by atoms with van der Waals surface area (Å²) >= 11 is 6.04. The molecule has 0 saturated carbocycles. The highest BCUT2D eigenvalue weighted by molar-refractivity contribution is 6.33. The fraction of sp³-hybridized carbons (Fsp3) is 0.0556. The van der Waals surface area contributed by atoms with Crippen LogP contribution < -0.4 is 10.1 Å². The van der Waals surface area contributed by atoms with Crippen LogP contribution in [0.1, 0.15) is 16.1 Å². The van der Waals surface area contributed by atoms with Crippen molar-refractivity contribution in [1.29, 1.82) is 0 Å². The number of hydrogen-bond donors (Lipinski definition) is 1. The van der Waals surface area contributed by atoms with E-state index in [0.29, 0.717) is 16.3 Å². The van der Waals surface area contributed by atoms with Crippen LogP contribution in [0.2, 0.25) is 5.02 Å². The van der Waals surface area contributed by atoms with Crippen molar-refractivity contribution in [3.8, 4) is 5.75 Å². The number of para-hydroxylation sites is 2. The minimum atomic E-state index is -0.366. The molecule has 1 aromatic heterocycles. The Bertz CT molecular complexity index is 799. The number of carbonyl (C=O) groups is 1. The van der Waals surface area contributed by atoms with Gasteiger partial charge in [-0.25, -0.2) is 0 Å². The van der Waals surface area contributed by atoms with Crippen LogP contribution in [0.15, 0.2) is 71.3 Å².